The lowest BCUT2D eigenvalue weighted by atomic mass is 10.2. The Morgan fingerprint density at radius 3 is 2.45 bits per heavy atom. The molecule has 0 saturated carbocycles. The number of hydrogen-bond acceptors (Lipinski definition) is 2. The molecule has 0 saturated heterocycles. The Labute approximate surface area is 142 Å². The summed E-state index contributed by atoms with van der Waals surface area (Å²) in [6, 6.07) is 18.9. The van der Waals surface area contributed by atoms with Gasteiger partial charge in [0.2, 0.25) is 0 Å². The van der Waals surface area contributed by atoms with Crippen LogP contribution in [0.25, 0.3) is 0 Å². The molecule has 2 aromatic rings. The molecule has 0 aliphatic carbocycles. The first-order chi connectivity index (χ1) is 10.8. The van der Waals surface area contributed by atoms with E-state index in [1.807, 2.05) is 17.8 Å². The van der Waals surface area contributed by atoms with E-state index in [-0.39, 0.29) is 0 Å². The Bertz CT molecular complexity index is 567. The highest BCUT2D eigenvalue weighted by Gasteiger charge is 1.99. The van der Waals surface area contributed by atoms with Gasteiger partial charge in [0, 0.05) is 22.9 Å². The van der Waals surface area contributed by atoms with Crippen LogP contribution in [0.15, 0.2) is 59.5 Å². The van der Waals surface area contributed by atoms with Crippen LogP contribution in [0.2, 0.25) is 0 Å². The van der Waals surface area contributed by atoms with E-state index in [1.54, 1.807) is 0 Å². The van der Waals surface area contributed by atoms with Crippen molar-refractivity contribution in [3.05, 3.63) is 60.2 Å². The van der Waals surface area contributed by atoms with E-state index in [1.165, 1.54) is 16.9 Å². The minimum atomic E-state index is 0.694. The summed E-state index contributed by atoms with van der Waals surface area (Å²) in [6.07, 6.45) is 2.31. The number of thiocarbonyl (C=S) groups is 1. The third-order valence-electron chi connectivity index (χ3n) is 3.18. The number of unbranched alkanes of at least 4 members (excludes halogenated alkanes) is 1. The first-order valence-electron chi connectivity index (χ1n) is 7.59. The molecule has 0 aliphatic heterocycles. The third-order valence-corrected chi connectivity index (χ3v) is 4.51. The van der Waals surface area contributed by atoms with Gasteiger partial charge >= 0.3 is 0 Å². The van der Waals surface area contributed by atoms with Gasteiger partial charge in [-0.15, -0.1) is 11.8 Å². The molecule has 116 valence electrons. The largest absolute Gasteiger partial charge is 0.362 e. The molecule has 0 spiro atoms. The van der Waals surface area contributed by atoms with Crippen LogP contribution in [0.1, 0.15) is 25.3 Å². The zero-order chi connectivity index (χ0) is 15.6. The number of benzene rings is 2. The van der Waals surface area contributed by atoms with Crippen LogP contribution in [0.4, 0.5) is 5.69 Å². The molecule has 4 heteroatoms. The average molecular weight is 331 g/mol. The lowest BCUT2D eigenvalue weighted by Gasteiger charge is -2.10. The molecule has 0 bridgehead atoms. The van der Waals surface area contributed by atoms with Gasteiger partial charge in [0.05, 0.1) is 0 Å². The summed E-state index contributed by atoms with van der Waals surface area (Å²) in [6.45, 7) is 3.10. The van der Waals surface area contributed by atoms with E-state index in [2.05, 4.69) is 66.1 Å². The predicted molar refractivity (Wildman–Crippen MR) is 102 cm³/mol. The summed E-state index contributed by atoms with van der Waals surface area (Å²) in [5.74, 6) is 0.976. The zero-order valence-corrected chi connectivity index (χ0v) is 14.5. The average Bonchev–Trinajstić information content (AvgIpc) is 2.55. The molecule has 2 aromatic carbocycles. The number of rotatable bonds is 7. The fraction of sp³-hybridized carbons (Fsp3) is 0.278. The second-order valence-electron chi connectivity index (χ2n) is 5.03. The van der Waals surface area contributed by atoms with Crippen molar-refractivity contribution in [3.8, 4) is 0 Å². The second-order valence-corrected chi connectivity index (χ2v) is 6.49. The molecule has 0 fully saturated rings. The van der Waals surface area contributed by atoms with Gasteiger partial charge in [0.25, 0.3) is 0 Å². The van der Waals surface area contributed by atoms with Crippen LogP contribution in [-0.4, -0.2) is 11.7 Å². The maximum absolute atomic E-state index is 5.27. The van der Waals surface area contributed by atoms with E-state index >= 15 is 0 Å². The molecular formula is C18H22N2S2. The lowest BCUT2D eigenvalue weighted by molar-refractivity contribution is 0.758. The van der Waals surface area contributed by atoms with E-state index in [9.17, 15) is 0 Å². The third kappa shape index (κ3) is 6.08. The smallest absolute Gasteiger partial charge is 0.170 e. The Morgan fingerprint density at radius 1 is 1.05 bits per heavy atom. The predicted octanol–water partition coefficient (Wildman–Crippen LogP) is 5.07. The maximum Gasteiger partial charge on any atom is 0.170 e. The maximum atomic E-state index is 5.27. The van der Waals surface area contributed by atoms with Crippen molar-refractivity contribution in [2.24, 2.45) is 0 Å². The van der Waals surface area contributed by atoms with Crippen LogP contribution < -0.4 is 10.6 Å². The molecule has 0 amide bonds. The molecule has 2 rings (SSSR count). The van der Waals surface area contributed by atoms with Crippen molar-refractivity contribution in [3.63, 3.8) is 0 Å². The zero-order valence-electron chi connectivity index (χ0n) is 12.8. The molecular weight excluding hydrogens is 308 g/mol. The van der Waals surface area contributed by atoms with E-state index < -0.39 is 0 Å². The van der Waals surface area contributed by atoms with Gasteiger partial charge in [-0.3, -0.25) is 0 Å². The summed E-state index contributed by atoms with van der Waals surface area (Å²) in [5, 5.41) is 7.12. The van der Waals surface area contributed by atoms with Crippen LogP contribution in [0.5, 0.6) is 0 Å². The van der Waals surface area contributed by atoms with Crippen molar-refractivity contribution in [2.75, 3.05) is 11.9 Å². The standard InChI is InChI=1S/C18H22N2S2/c1-2-3-13-19-18(21)20-16-11-9-15(10-12-16)14-22-17-7-5-4-6-8-17/h4-12H,2-3,13-14H2,1H3,(H2,19,20,21). The monoisotopic (exact) mass is 330 g/mol. The summed E-state index contributed by atoms with van der Waals surface area (Å²) in [5.41, 5.74) is 2.34. The summed E-state index contributed by atoms with van der Waals surface area (Å²) < 4.78 is 0. The van der Waals surface area contributed by atoms with Crippen LogP contribution >= 0.6 is 24.0 Å². The molecule has 0 unspecified atom stereocenters. The molecule has 0 atom stereocenters. The van der Waals surface area contributed by atoms with Crippen molar-refractivity contribution in [2.45, 2.75) is 30.4 Å². The summed E-state index contributed by atoms with van der Waals surface area (Å²) in [4.78, 5) is 1.30. The SMILES string of the molecule is CCCCNC(=S)Nc1ccc(CSc2ccccc2)cc1. The van der Waals surface area contributed by atoms with Crippen molar-refractivity contribution in [1.82, 2.24) is 5.32 Å². The van der Waals surface area contributed by atoms with E-state index in [0.717, 1.165) is 24.4 Å². The van der Waals surface area contributed by atoms with Gasteiger partial charge in [-0.1, -0.05) is 43.7 Å². The number of hydrogen-bond donors (Lipinski definition) is 2. The van der Waals surface area contributed by atoms with Gasteiger partial charge in [0.1, 0.15) is 0 Å². The first kappa shape index (κ1) is 16.8. The number of thioether (sulfide) groups is 1. The van der Waals surface area contributed by atoms with Gasteiger partial charge in [-0.05, 0) is 48.5 Å². The minimum absolute atomic E-state index is 0.694. The molecule has 2 nitrogen and oxygen atoms in total. The second kappa shape index (κ2) is 9.49. The van der Waals surface area contributed by atoms with E-state index in [0.29, 0.717) is 5.11 Å². The van der Waals surface area contributed by atoms with Crippen LogP contribution in [-0.2, 0) is 5.75 Å². The van der Waals surface area contributed by atoms with Gasteiger partial charge in [0.15, 0.2) is 5.11 Å². The van der Waals surface area contributed by atoms with Gasteiger partial charge in [-0.2, -0.15) is 0 Å². The first-order valence-corrected chi connectivity index (χ1v) is 8.99. The Kier molecular flexibility index (Phi) is 7.26. The summed E-state index contributed by atoms with van der Waals surface area (Å²) in [7, 11) is 0. The molecule has 2 N–H and O–H groups in total. The molecule has 0 aromatic heterocycles. The Hall–Kier alpha value is -1.52. The Balaban J connectivity index is 1.79. The Morgan fingerprint density at radius 2 is 1.77 bits per heavy atom. The van der Waals surface area contributed by atoms with E-state index in [4.69, 9.17) is 12.2 Å². The van der Waals surface area contributed by atoms with Gasteiger partial charge in [-0.25, -0.2) is 0 Å². The fourth-order valence-corrected chi connectivity index (χ4v) is 3.02. The number of anilines is 1. The normalized spacial score (nSPS) is 10.2. The minimum Gasteiger partial charge on any atom is -0.362 e. The highest BCUT2D eigenvalue weighted by molar-refractivity contribution is 7.98. The quantitative estimate of drug-likeness (QED) is 0.421. The van der Waals surface area contributed by atoms with Crippen molar-refractivity contribution >= 4 is 34.8 Å². The number of nitrogens with one attached hydrogen (secondary N) is 2. The molecule has 22 heavy (non-hydrogen) atoms. The lowest BCUT2D eigenvalue weighted by Crippen LogP contribution is -2.29. The van der Waals surface area contributed by atoms with Crippen LogP contribution in [0.3, 0.4) is 0 Å². The fourth-order valence-electron chi connectivity index (χ4n) is 1.92. The van der Waals surface area contributed by atoms with Crippen molar-refractivity contribution < 1.29 is 0 Å². The molecule has 0 radical (unpaired) electrons. The van der Waals surface area contributed by atoms with Gasteiger partial charge < -0.3 is 10.6 Å². The van der Waals surface area contributed by atoms with Crippen LogP contribution in [0, 0.1) is 0 Å². The van der Waals surface area contributed by atoms with Crippen molar-refractivity contribution in [1.29, 1.82) is 0 Å². The highest BCUT2D eigenvalue weighted by atomic mass is 32.2. The topological polar surface area (TPSA) is 24.1 Å². The summed E-state index contributed by atoms with van der Waals surface area (Å²) >= 11 is 7.12. The highest BCUT2D eigenvalue weighted by Crippen LogP contribution is 2.23. The molecule has 0 aliphatic rings. The molecule has 0 heterocycles.